The highest BCUT2D eigenvalue weighted by Gasteiger charge is 2.11. The van der Waals surface area contributed by atoms with E-state index in [0.717, 1.165) is 17.4 Å². The zero-order chi connectivity index (χ0) is 17.7. The van der Waals surface area contributed by atoms with Gasteiger partial charge in [-0.15, -0.1) is 0 Å². The smallest absolute Gasteiger partial charge is 0.229 e. The largest absolute Gasteiger partial charge is 0.495 e. The second-order valence-electron chi connectivity index (χ2n) is 5.50. The molecule has 24 heavy (non-hydrogen) atoms. The van der Waals surface area contributed by atoms with E-state index >= 15 is 0 Å². The van der Waals surface area contributed by atoms with Gasteiger partial charge in [-0.25, -0.2) is 8.42 Å². The molecule has 0 aliphatic carbocycles. The lowest BCUT2D eigenvalue weighted by atomic mass is 10.1. The van der Waals surface area contributed by atoms with E-state index in [4.69, 9.17) is 4.74 Å². The molecule has 0 fully saturated rings. The summed E-state index contributed by atoms with van der Waals surface area (Å²) in [7, 11) is -2.01. The molecule has 2 N–H and O–H groups in total. The van der Waals surface area contributed by atoms with Gasteiger partial charge in [0.25, 0.3) is 0 Å². The highest BCUT2D eigenvalue weighted by Crippen LogP contribution is 2.28. The SMILES string of the molecule is COc1ccc(NC(=O)Cc2ccc(C)cc2)cc1NS(C)(=O)=O. The van der Waals surface area contributed by atoms with Crippen LogP contribution in [0.15, 0.2) is 42.5 Å². The number of anilines is 2. The fourth-order valence-corrected chi connectivity index (χ4v) is 2.72. The standard InChI is InChI=1S/C17H20N2O4S/c1-12-4-6-13(7-5-12)10-17(20)18-14-8-9-16(23-2)15(11-14)19-24(3,21)22/h4-9,11,19H,10H2,1-3H3,(H,18,20). The van der Waals surface area contributed by atoms with Gasteiger partial charge in [0, 0.05) is 5.69 Å². The van der Waals surface area contributed by atoms with Crippen LogP contribution in [0.1, 0.15) is 11.1 Å². The zero-order valence-corrected chi connectivity index (χ0v) is 14.6. The quantitative estimate of drug-likeness (QED) is 0.840. The predicted octanol–water partition coefficient (Wildman–Crippen LogP) is 2.56. The number of carbonyl (C=O) groups is 1. The van der Waals surface area contributed by atoms with Crippen molar-refractivity contribution in [2.75, 3.05) is 23.4 Å². The Morgan fingerprint density at radius 3 is 2.38 bits per heavy atom. The fourth-order valence-electron chi connectivity index (χ4n) is 2.16. The number of methoxy groups -OCH3 is 1. The van der Waals surface area contributed by atoms with Crippen molar-refractivity contribution in [1.29, 1.82) is 0 Å². The van der Waals surface area contributed by atoms with E-state index in [1.54, 1.807) is 12.1 Å². The Bertz CT molecular complexity index is 830. The summed E-state index contributed by atoms with van der Waals surface area (Å²) in [6.45, 7) is 1.98. The molecule has 1 amide bonds. The van der Waals surface area contributed by atoms with E-state index in [-0.39, 0.29) is 18.0 Å². The number of aryl methyl sites for hydroxylation is 1. The number of carbonyl (C=O) groups excluding carboxylic acids is 1. The van der Waals surface area contributed by atoms with Crippen molar-refractivity contribution < 1.29 is 17.9 Å². The lowest BCUT2D eigenvalue weighted by Crippen LogP contribution is -2.15. The number of sulfonamides is 1. The summed E-state index contributed by atoms with van der Waals surface area (Å²) >= 11 is 0. The Morgan fingerprint density at radius 1 is 1.12 bits per heavy atom. The van der Waals surface area contributed by atoms with Crippen molar-refractivity contribution in [3.8, 4) is 5.75 Å². The van der Waals surface area contributed by atoms with Crippen LogP contribution in [0.25, 0.3) is 0 Å². The van der Waals surface area contributed by atoms with Crippen molar-refractivity contribution in [2.24, 2.45) is 0 Å². The second kappa shape index (κ2) is 7.35. The van der Waals surface area contributed by atoms with Crippen molar-refractivity contribution in [3.63, 3.8) is 0 Å². The van der Waals surface area contributed by atoms with E-state index in [9.17, 15) is 13.2 Å². The van der Waals surface area contributed by atoms with E-state index < -0.39 is 10.0 Å². The summed E-state index contributed by atoms with van der Waals surface area (Å²) in [5.74, 6) is 0.186. The van der Waals surface area contributed by atoms with Crippen LogP contribution < -0.4 is 14.8 Å². The van der Waals surface area contributed by atoms with Gasteiger partial charge in [0.05, 0.1) is 25.5 Å². The summed E-state index contributed by atoms with van der Waals surface area (Å²) in [5, 5.41) is 2.75. The Morgan fingerprint density at radius 2 is 1.79 bits per heavy atom. The Hall–Kier alpha value is -2.54. The molecular formula is C17H20N2O4S. The minimum atomic E-state index is -3.45. The first-order valence-corrected chi connectivity index (χ1v) is 9.17. The molecule has 6 nitrogen and oxygen atoms in total. The third-order valence-electron chi connectivity index (χ3n) is 3.26. The molecule has 0 spiro atoms. The third-order valence-corrected chi connectivity index (χ3v) is 3.85. The lowest BCUT2D eigenvalue weighted by molar-refractivity contribution is -0.115. The molecule has 128 valence electrons. The van der Waals surface area contributed by atoms with Gasteiger partial charge in [0.2, 0.25) is 15.9 Å². The maximum absolute atomic E-state index is 12.1. The number of rotatable bonds is 6. The van der Waals surface area contributed by atoms with Gasteiger partial charge in [0.1, 0.15) is 5.75 Å². The number of hydrogen-bond acceptors (Lipinski definition) is 4. The normalized spacial score (nSPS) is 11.0. The molecule has 2 rings (SSSR count). The first-order valence-electron chi connectivity index (χ1n) is 7.28. The molecule has 0 saturated heterocycles. The molecule has 0 aromatic heterocycles. The van der Waals surface area contributed by atoms with Gasteiger partial charge in [-0.2, -0.15) is 0 Å². The number of benzene rings is 2. The minimum absolute atomic E-state index is 0.186. The van der Waals surface area contributed by atoms with Crippen LogP contribution in [-0.2, 0) is 21.2 Å². The average Bonchev–Trinajstić information content (AvgIpc) is 2.48. The monoisotopic (exact) mass is 348 g/mol. The van der Waals surface area contributed by atoms with Crippen LogP contribution in [0, 0.1) is 6.92 Å². The van der Waals surface area contributed by atoms with Gasteiger partial charge < -0.3 is 10.1 Å². The first-order chi connectivity index (χ1) is 11.3. The molecule has 0 aliphatic rings. The van der Waals surface area contributed by atoms with Crippen LogP contribution in [0.4, 0.5) is 11.4 Å². The Labute approximate surface area is 141 Å². The number of nitrogens with one attached hydrogen (secondary N) is 2. The number of ether oxygens (including phenoxy) is 1. The molecule has 0 atom stereocenters. The summed E-state index contributed by atoms with van der Waals surface area (Å²) < 4.78 is 30.3. The van der Waals surface area contributed by atoms with Crippen LogP contribution >= 0.6 is 0 Å². The topological polar surface area (TPSA) is 84.5 Å². The van der Waals surface area contributed by atoms with Gasteiger partial charge in [-0.1, -0.05) is 29.8 Å². The molecule has 0 radical (unpaired) electrons. The van der Waals surface area contributed by atoms with E-state index in [1.807, 2.05) is 31.2 Å². The second-order valence-corrected chi connectivity index (χ2v) is 7.25. The lowest BCUT2D eigenvalue weighted by Gasteiger charge is -2.12. The van der Waals surface area contributed by atoms with Gasteiger partial charge in [-0.3, -0.25) is 9.52 Å². The van der Waals surface area contributed by atoms with Crippen LogP contribution in [0.3, 0.4) is 0 Å². The maximum atomic E-state index is 12.1. The number of hydrogen-bond donors (Lipinski definition) is 2. The molecule has 2 aromatic carbocycles. The molecule has 0 aliphatic heterocycles. The maximum Gasteiger partial charge on any atom is 0.229 e. The van der Waals surface area contributed by atoms with Crippen LogP contribution in [0.5, 0.6) is 5.75 Å². The van der Waals surface area contributed by atoms with Crippen LogP contribution in [-0.4, -0.2) is 27.7 Å². The minimum Gasteiger partial charge on any atom is -0.495 e. The molecule has 2 aromatic rings. The summed E-state index contributed by atoms with van der Waals surface area (Å²) in [6, 6.07) is 12.5. The van der Waals surface area contributed by atoms with Crippen molar-refractivity contribution >= 4 is 27.3 Å². The molecule has 7 heteroatoms. The first kappa shape index (κ1) is 17.8. The molecule has 0 unspecified atom stereocenters. The molecular weight excluding hydrogens is 328 g/mol. The van der Waals surface area contributed by atoms with Crippen molar-refractivity contribution in [1.82, 2.24) is 0 Å². The van der Waals surface area contributed by atoms with Gasteiger partial charge in [-0.05, 0) is 30.7 Å². The summed E-state index contributed by atoms with van der Waals surface area (Å²) in [4.78, 5) is 12.1. The zero-order valence-electron chi connectivity index (χ0n) is 13.8. The third kappa shape index (κ3) is 5.27. The van der Waals surface area contributed by atoms with Crippen molar-refractivity contribution in [2.45, 2.75) is 13.3 Å². The van der Waals surface area contributed by atoms with E-state index in [0.29, 0.717) is 11.4 Å². The van der Waals surface area contributed by atoms with E-state index in [2.05, 4.69) is 10.0 Å². The molecule has 0 heterocycles. The number of amides is 1. The average molecular weight is 348 g/mol. The summed E-state index contributed by atoms with van der Waals surface area (Å²) in [6.07, 6.45) is 1.29. The van der Waals surface area contributed by atoms with E-state index in [1.165, 1.54) is 13.2 Å². The highest BCUT2D eigenvalue weighted by atomic mass is 32.2. The summed E-state index contributed by atoms with van der Waals surface area (Å²) in [5.41, 5.74) is 2.79. The molecule has 0 bridgehead atoms. The van der Waals surface area contributed by atoms with Gasteiger partial charge in [0.15, 0.2) is 0 Å². The Kier molecular flexibility index (Phi) is 5.46. The van der Waals surface area contributed by atoms with Crippen molar-refractivity contribution in [3.05, 3.63) is 53.6 Å². The van der Waals surface area contributed by atoms with Gasteiger partial charge >= 0.3 is 0 Å². The fraction of sp³-hybridized carbons (Fsp3) is 0.235. The predicted molar refractivity (Wildman–Crippen MR) is 95.0 cm³/mol. The highest BCUT2D eigenvalue weighted by molar-refractivity contribution is 7.92. The molecule has 0 saturated carbocycles. The van der Waals surface area contributed by atoms with Crippen LogP contribution in [0.2, 0.25) is 0 Å². The Balaban J connectivity index is 2.12.